The predicted molar refractivity (Wildman–Crippen MR) is 108 cm³/mol. The molecule has 0 radical (unpaired) electrons. The standard InChI is InChI=1S/C21H28N2O3S/c1-5-17-11-13-18(14-12-17)16-22(4)21(24)19-9-8-10-20(15-19)27(25,26)23(6-2)7-3/h8-15H,5-7,16H2,1-4H3. The molecule has 0 unspecified atom stereocenters. The van der Waals surface area contributed by atoms with Crippen LogP contribution in [0.2, 0.25) is 0 Å². The summed E-state index contributed by atoms with van der Waals surface area (Å²) in [6.07, 6.45) is 0.975. The van der Waals surface area contributed by atoms with E-state index in [0.29, 0.717) is 25.2 Å². The first kappa shape index (κ1) is 21.1. The second-order valence-corrected chi connectivity index (χ2v) is 8.39. The lowest BCUT2D eigenvalue weighted by molar-refractivity contribution is 0.0785. The topological polar surface area (TPSA) is 57.7 Å². The van der Waals surface area contributed by atoms with E-state index in [1.807, 2.05) is 12.1 Å². The molecule has 0 heterocycles. The Kier molecular flexibility index (Phi) is 7.16. The van der Waals surface area contributed by atoms with Gasteiger partial charge in [0.25, 0.3) is 5.91 Å². The molecule has 0 bridgehead atoms. The van der Waals surface area contributed by atoms with Crippen LogP contribution < -0.4 is 0 Å². The van der Waals surface area contributed by atoms with Gasteiger partial charge in [-0.15, -0.1) is 0 Å². The predicted octanol–water partition coefficient (Wildman–Crippen LogP) is 3.55. The molecule has 0 aliphatic rings. The lowest BCUT2D eigenvalue weighted by atomic mass is 10.1. The number of hydrogen-bond acceptors (Lipinski definition) is 3. The summed E-state index contributed by atoms with van der Waals surface area (Å²) in [5.74, 6) is -0.203. The Bertz CT molecular complexity index is 873. The molecule has 0 aliphatic heterocycles. The molecule has 0 atom stereocenters. The van der Waals surface area contributed by atoms with Gasteiger partial charge in [0.15, 0.2) is 0 Å². The lowest BCUT2D eigenvalue weighted by Crippen LogP contribution is -2.31. The van der Waals surface area contributed by atoms with Crippen molar-refractivity contribution in [2.75, 3.05) is 20.1 Å². The average Bonchev–Trinajstić information content (AvgIpc) is 2.68. The molecule has 0 saturated carbocycles. The van der Waals surface area contributed by atoms with Crippen LogP contribution in [0.3, 0.4) is 0 Å². The lowest BCUT2D eigenvalue weighted by Gasteiger charge is -2.20. The van der Waals surface area contributed by atoms with Crippen LogP contribution in [0.4, 0.5) is 0 Å². The summed E-state index contributed by atoms with van der Waals surface area (Å²) in [7, 11) is -1.86. The quantitative estimate of drug-likeness (QED) is 0.695. The Morgan fingerprint density at radius 3 is 2.07 bits per heavy atom. The van der Waals surface area contributed by atoms with Crippen LogP contribution in [-0.4, -0.2) is 43.7 Å². The van der Waals surface area contributed by atoms with Crippen LogP contribution in [0.1, 0.15) is 42.3 Å². The molecular formula is C21H28N2O3S. The van der Waals surface area contributed by atoms with Crippen molar-refractivity contribution in [2.45, 2.75) is 38.6 Å². The van der Waals surface area contributed by atoms with Crippen LogP contribution in [0.5, 0.6) is 0 Å². The minimum Gasteiger partial charge on any atom is -0.337 e. The third-order valence-electron chi connectivity index (χ3n) is 4.62. The number of sulfonamides is 1. The van der Waals surface area contributed by atoms with Crippen LogP contribution in [0.25, 0.3) is 0 Å². The van der Waals surface area contributed by atoms with E-state index in [1.54, 1.807) is 37.9 Å². The maximum absolute atomic E-state index is 12.8. The highest BCUT2D eigenvalue weighted by atomic mass is 32.2. The molecule has 2 rings (SSSR count). The van der Waals surface area contributed by atoms with Crippen molar-refractivity contribution >= 4 is 15.9 Å². The second kappa shape index (κ2) is 9.15. The number of hydrogen-bond donors (Lipinski definition) is 0. The Morgan fingerprint density at radius 1 is 0.926 bits per heavy atom. The first-order valence-corrected chi connectivity index (χ1v) is 10.7. The normalized spacial score (nSPS) is 11.6. The monoisotopic (exact) mass is 388 g/mol. The van der Waals surface area contributed by atoms with E-state index in [9.17, 15) is 13.2 Å². The van der Waals surface area contributed by atoms with Gasteiger partial charge in [-0.2, -0.15) is 4.31 Å². The molecule has 0 aromatic heterocycles. The van der Waals surface area contributed by atoms with E-state index in [4.69, 9.17) is 0 Å². The number of benzene rings is 2. The summed E-state index contributed by atoms with van der Waals surface area (Å²) in [5.41, 5.74) is 2.66. The van der Waals surface area contributed by atoms with E-state index < -0.39 is 10.0 Å². The number of rotatable bonds is 8. The molecule has 27 heavy (non-hydrogen) atoms. The smallest absolute Gasteiger partial charge is 0.253 e. The van der Waals surface area contributed by atoms with Crippen LogP contribution in [0.15, 0.2) is 53.4 Å². The summed E-state index contributed by atoms with van der Waals surface area (Å²) in [6.45, 7) is 6.95. The van der Waals surface area contributed by atoms with E-state index in [2.05, 4.69) is 19.1 Å². The van der Waals surface area contributed by atoms with Crippen molar-refractivity contribution < 1.29 is 13.2 Å². The summed E-state index contributed by atoms with van der Waals surface area (Å²) in [6, 6.07) is 14.4. The van der Waals surface area contributed by atoms with Crippen LogP contribution in [-0.2, 0) is 23.0 Å². The molecule has 146 valence electrons. The SMILES string of the molecule is CCc1ccc(CN(C)C(=O)c2cccc(S(=O)(=O)N(CC)CC)c2)cc1. The highest BCUT2D eigenvalue weighted by molar-refractivity contribution is 7.89. The van der Waals surface area contributed by atoms with E-state index in [0.717, 1.165) is 12.0 Å². The number of nitrogens with zero attached hydrogens (tertiary/aromatic N) is 2. The molecule has 0 saturated heterocycles. The number of aryl methyl sites for hydroxylation is 1. The van der Waals surface area contributed by atoms with Crippen LogP contribution >= 0.6 is 0 Å². The highest BCUT2D eigenvalue weighted by Crippen LogP contribution is 2.18. The van der Waals surface area contributed by atoms with Gasteiger partial charge in [-0.05, 0) is 35.7 Å². The zero-order chi connectivity index (χ0) is 20.0. The van der Waals surface area contributed by atoms with E-state index in [-0.39, 0.29) is 10.8 Å². The molecule has 6 heteroatoms. The van der Waals surface area contributed by atoms with E-state index in [1.165, 1.54) is 22.0 Å². The van der Waals surface area contributed by atoms with Gasteiger partial charge in [-0.25, -0.2) is 8.42 Å². The molecule has 5 nitrogen and oxygen atoms in total. The minimum atomic E-state index is -3.59. The van der Waals surface area contributed by atoms with Crippen molar-refractivity contribution in [3.05, 3.63) is 65.2 Å². The molecule has 2 aromatic carbocycles. The van der Waals surface area contributed by atoms with Gasteiger partial charge < -0.3 is 4.90 Å². The Balaban J connectivity index is 2.20. The minimum absolute atomic E-state index is 0.151. The highest BCUT2D eigenvalue weighted by Gasteiger charge is 2.23. The summed E-state index contributed by atoms with van der Waals surface area (Å²) >= 11 is 0. The van der Waals surface area contributed by atoms with Crippen LogP contribution in [0, 0.1) is 0 Å². The molecule has 0 spiro atoms. The number of carbonyl (C=O) groups is 1. The fourth-order valence-corrected chi connectivity index (χ4v) is 4.45. The van der Waals surface area contributed by atoms with Gasteiger partial charge in [0.2, 0.25) is 10.0 Å². The Hall–Kier alpha value is -2.18. The van der Waals surface area contributed by atoms with Crippen molar-refractivity contribution in [1.82, 2.24) is 9.21 Å². The van der Waals surface area contributed by atoms with E-state index >= 15 is 0 Å². The average molecular weight is 389 g/mol. The third kappa shape index (κ3) is 4.96. The van der Waals surface area contributed by atoms with Crippen molar-refractivity contribution in [1.29, 1.82) is 0 Å². The fraction of sp³-hybridized carbons (Fsp3) is 0.381. The van der Waals surface area contributed by atoms with Gasteiger partial charge in [0, 0.05) is 32.2 Å². The van der Waals surface area contributed by atoms with Crippen molar-refractivity contribution in [3.63, 3.8) is 0 Å². The largest absolute Gasteiger partial charge is 0.337 e. The van der Waals surface area contributed by atoms with Gasteiger partial charge in [0.1, 0.15) is 0 Å². The fourth-order valence-electron chi connectivity index (χ4n) is 2.95. The summed E-state index contributed by atoms with van der Waals surface area (Å²) < 4.78 is 26.8. The second-order valence-electron chi connectivity index (χ2n) is 6.45. The molecule has 2 aromatic rings. The van der Waals surface area contributed by atoms with Crippen molar-refractivity contribution in [2.24, 2.45) is 0 Å². The Labute approximate surface area is 162 Å². The van der Waals surface area contributed by atoms with Gasteiger partial charge in [-0.3, -0.25) is 4.79 Å². The molecular weight excluding hydrogens is 360 g/mol. The van der Waals surface area contributed by atoms with Gasteiger partial charge >= 0.3 is 0 Å². The molecule has 0 aliphatic carbocycles. The zero-order valence-electron chi connectivity index (χ0n) is 16.5. The third-order valence-corrected chi connectivity index (χ3v) is 6.67. The Morgan fingerprint density at radius 2 is 1.52 bits per heavy atom. The van der Waals surface area contributed by atoms with Gasteiger partial charge in [0.05, 0.1) is 4.90 Å². The maximum atomic E-state index is 12.8. The molecule has 0 N–H and O–H groups in total. The first-order chi connectivity index (χ1) is 12.8. The summed E-state index contributed by atoms with van der Waals surface area (Å²) in [4.78, 5) is 14.5. The molecule has 1 amide bonds. The zero-order valence-corrected chi connectivity index (χ0v) is 17.3. The maximum Gasteiger partial charge on any atom is 0.253 e. The first-order valence-electron chi connectivity index (χ1n) is 9.26. The summed E-state index contributed by atoms with van der Waals surface area (Å²) in [5, 5.41) is 0. The van der Waals surface area contributed by atoms with Crippen molar-refractivity contribution in [3.8, 4) is 0 Å². The number of carbonyl (C=O) groups excluding carboxylic acids is 1. The molecule has 0 fully saturated rings. The number of amides is 1. The van der Waals surface area contributed by atoms with Gasteiger partial charge in [-0.1, -0.05) is 51.1 Å².